The van der Waals surface area contributed by atoms with Crippen molar-refractivity contribution in [3.05, 3.63) is 22.2 Å². The first-order valence-electron chi connectivity index (χ1n) is 11.1. The SMILES string of the molecule is COc1cc(Cl)c2c(c1OC)C(C(=O)O[C@@H]1C[C@H](C)CC[C@H]1C(C)C)N(S(C)(=O)=O)CC2. The zero-order chi connectivity index (χ0) is 23.8. The first-order chi connectivity index (χ1) is 15.0. The fourth-order valence-electron chi connectivity index (χ4n) is 5.12. The van der Waals surface area contributed by atoms with Crippen LogP contribution in [0.25, 0.3) is 0 Å². The summed E-state index contributed by atoms with van der Waals surface area (Å²) in [6.07, 6.45) is 4.05. The molecule has 1 aromatic carbocycles. The number of carbonyl (C=O) groups excluding carboxylic acids is 1. The summed E-state index contributed by atoms with van der Waals surface area (Å²) in [5.41, 5.74) is 1.09. The number of esters is 1. The maximum atomic E-state index is 13.7. The Morgan fingerprint density at radius 3 is 2.47 bits per heavy atom. The molecule has 32 heavy (non-hydrogen) atoms. The molecule has 9 heteroatoms. The Morgan fingerprint density at radius 1 is 1.22 bits per heavy atom. The van der Waals surface area contributed by atoms with Gasteiger partial charge in [-0.1, -0.05) is 38.8 Å². The third-order valence-corrected chi connectivity index (χ3v) is 8.37. The number of fused-ring (bicyclic) bond motifs is 1. The van der Waals surface area contributed by atoms with Crippen LogP contribution in [-0.2, 0) is 26.0 Å². The first-order valence-corrected chi connectivity index (χ1v) is 13.3. The standard InChI is InChI=1S/C23H34ClNO6S/c1-13(2)15-8-7-14(3)11-18(15)31-23(26)21-20-16(9-10-25(21)32(6,27)28)17(24)12-19(29-4)22(20)30-5/h12-15,18,21H,7-11H2,1-6H3/t14-,15+,18-,21?/m1/s1. The molecule has 0 radical (unpaired) electrons. The topological polar surface area (TPSA) is 82.1 Å². The Balaban J connectivity index is 2.09. The van der Waals surface area contributed by atoms with E-state index < -0.39 is 22.0 Å². The normalized spacial score (nSPS) is 26.5. The first kappa shape index (κ1) is 25.1. The number of sulfonamides is 1. The fourth-order valence-corrected chi connectivity index (χ4v) is 6.42. The van der Waals surface area contributed by atoms with Crippen molar-refractivity contribution in [2.24, 2.45) is 17.8 Å². The molecule has 1 aliphatic carbocycles. The summed E-state index contributed by atoms with van der Waals surface area (Å²) in [7, 11) is -0.771. The van der Waals surface area contributed by atoms with Gasteiger partial charge in [-0.3, -0.25) is 0 Å². The van der Waals surface area contributed by atoms with Crippen molar-refractivity contribution in [1.82, 2.24) is 4.31 Å². The molecule has 7 nitrogen and oxygen atoms in total. The number of hydrogen-bond acceptors (Lipinski definition) is 6. The van der Waals surface area contributed by atoms with Crippen molar-refractivity contribution >= 4 is 27.6 Å². The van der Waals surface area contributed by atoms with Gasteiger partial charge in [-0.05, 0) is 42.6 Å². The maximum absolute atomic E-state index is 13.7. The smallest absolute Gasteiger partial charge is 0.329 e. The van der Waals surface area contributed by atoms with Crippen LogP contribution in [0.4, 0.5) is 0 Å². The van der Waals surface area contributed by atoms with E-state index in [1.165, 1.54) is 18.5 Å². The van der Waals surface area contributed by atoms with Crippen LogP contribution in [0.1, 0.15) is 57.2 Å². The molecule has 0 amide bonds. The van der Waals surface area contributed by atoms with E-state index in [9.17, 15) is 13.2 Å². The second kappa shape index (κ2) is 9.77. The van der Waals surface area contributed by atoms with E-state index in [2.05, 4.69) is 20.8 Å². The number of ether oxygens (including phenoxy) is 3. The van der Waals surface area contributed by atoms with Crippen LogP contribution in [0.3, 0.4) is 0 Å². The van der Waals surface area contributed by atoms with Gasteiger partial charge in [0, 0.05) is 23.2 Å². The highest BCUT2D eigenvalue weighted by molar-refractivity contribution is 7.88. The zero-order valence-corrected chi connectivity index (χ0v) is 21.3. The third-order valence-electron chi connectivity index (χ3n) is 6.79. The third kappa shape index (κ3) is 4.87. The van der Waals surface area contributed by atoms with E-state index in [4.69, 9.17) is 25.8 Å². The lowest BCUT2D eigenvalue weighted by molar-refractivity contribution is -0.161. The highest BCUT2D eigenvalue weighted by atomic mass is 35.5. The Hall–Kier alpha value is -1.51. The van der Waals surface area contributed by atoms with Gasteiger partial charge in [0.25, 0.3) is 0 Å². The predicted octanol–water partition coefficient (Wildman–Crippen LogP) is 4.22. The number of methoxy groups -OCH3 is 2. The minimum Gasteiger partial charge on any atom is -0.493 e. The molecular weight excluding hydrogens is 454 g/mol. The van der Waals surface area contributed by atoms with E-state index in [0.29, 0.717) is 45.9 Å². The van der Waals surface area contributed by atoms with E-state index >= 15 is 0 Å². The van der Waals surface area contributed by atoms with Crippen molar-refractivity contribution in [1.29, 1.82) is 0 Å². The minimum atomic E-state index is -3.71. The molecule has 1 unspecified atom stereocenters. The molecule has 2 aliphatic rings. The van der Waals surface area contributed by atoms with Crippen molar-refractivity contribution < 1.29 is 27.4 Å². The summed E-state index contributed by atoms with van der Waals surface area (Å²) < 4.78 is 43.6. The number of rotatable bonds is 6. The van der Waals surface area contributed by atoms with Crippen molar-refractivity contribution in [2.45, 2.75) is 58.6 Å². The molecule has 1 saturated carbocycles. The van der Waals surface area contributed by atoms with Crippen molar-refractivity contribution in [2.75, 3.05) is 27.0 Å². The van der Waals surface area contributed by atoms with Gasteiger partial charge in [0.15, 0.2) is 17.5 Å². The Morgan fingerprint density at radius 2 is 1.91 bits per heavy atom. The molecule has 180 valence electrons. The van der Waals surface area contributed by atoms with Crippen LogP contribution in [0, 0.1) is 17.8 Å². The summed E-state index contributed by atoms with van der Waals surface area (Å²) in [4.78, 5) is 13.7. The number of nitrogens with zero attached hydrogens (tertiary/aromatic N) is 1. The lowest BCUT2D eigenvalue weighted by Crippen LogP contribution is -2.46. The van der Waals surface area contributed by atoms with Crippen LogP contribution >= 0.6 is 11.6 Å². The lowest BCUT2D eigenvalue weighted by Gasteiger charge is -2.40. The molecule has 0 aromatic heterocycles. The molecule has 1 aliphatic heterocycles. The highest BCUT2D eigenvalue weighted by Crippen LogP contribution is 2.47. The van der Waals surface area contributed by atoms with E-state index in [-0.39, 0.29) is 18.6 Å². The minimum absolute atomic E-state index is 0.134. The Labute approximate surface area is 196 Å². The molecule has 4 atom stereocenters. The molecule has 0 spiro atoms. The van der Waals surface area contributed by atoms with Gasteiger partial charge in [-0.15, -0.1) is 0 Å². The van der Waals surface area contributed by atoms with Gasteiger partial charge in [-0.2, -0.15) is 4.31 Å². The average Bonchev–Trinajstić information content (AvgIpc) is 2.71. The summed E-state index contributed by atoms with van der Waals surface area (Å²) in [5, 5.41) is 0.412. The molecule has 0 N–H and O–H groups in total. The van der Waals surface area contributed by atoms with Crippen molar-refractivity contribution in [3.63, 3.8) is 0 Å². The van der Waals surface area contributed by atoms with Gasteiger partial charge in [0.05, 0.1) is 20.5 Å². The number of halogens is 1. The molecule has 1 fully saturated rings. The molecule has 1 heterocycles. The van der Waals surface area contributed by atoms with Gasteiger partial charge in [0.1, 0.15) is 6.10 Å². The molecule has 3 rings (SSSR count). The molecule has 0 saturated heterocycles. The number of carbonyl (C=O) groups is 1. The van der Waals surface area contributed by atoms with Crippen LogP contribution in [0.5, 0.6) is 11.5 Å². The zero-order valence-electron chi connectivity index (χ0n) is 19.7. The largest absolute Gasteiger partial charge is 0.493 e. The van der Waals surface area contributed by atoms with Gasteiger partial charge in [0.2, 0.25) is 10.0 Å². The van der Waals surface area contributed by atoms with E-state index in [1.807, 2.05) is 0 Å². The highest BCUT2D eigenvalue weighted by Gasteiger charge is 2.45. The number of hydrogen-bond donors (Lipinski definition) is 0. The van der Waals surface area contributed by atoms with Crippen LogP contribution in [-0.4, -0.2) is 51.8 Å². The van der Waals surface area contributed by atoms with Crippen LogP contribution in [0.2, 0.25) is 5.02 Å². The predicted molar refractivity (Wildman–Crippen MR) is 124 cm³/mol. The van der Waals surface area contributed by atoms with Gasteiger partial charge in [-0.25, -0.2) is 13.2 Å². The molecule has 1 aromatic rings. The van der Waals surface area contributed by atoms with E-state index in [1.54, 1.807) is 6.07 Å². The number of benzene rings is 1. The summed E-state index contributed by atoms with van der Waals surface area (Å²) in [6.45, 7) is 6.56. The van der Waals surface area contributed by atoms with Crippen LogP contribution < -0.4 is 9.47 Å². The van der Waals surface area contributed by atoms with Crippen molar-refractivity contribution in [3.8, 4) is 11.5 Å². The van der Waals surface area contributed by atoms with Crippen LogP contribution in [0.15, 0.2) is 6.07 Å². The Kier molecular flexibility index (Phi) is 7.67. The second-order valence-corrected chi connectivity index (χ2v) is 11.7. The quantitative estimate of drug-likeness (QED) is 0.559. The van der Waals surface area contributed by atoms with Gasteiger partial charge >= 0.3 is 5.97 Å². The Bertz CT molecular complexity index is 964. The monoisotopic (exact) mass is 487 g/mol. The maximum Gasteiger partial charge on any atom is 0.329 e. The average molecular weight is 488 g/mol. The summed E-state index contributed by atoms with van der Waals surface area (Å²) in [5.74, 6) is 1.09. The van der Waals surface area contributed by atoms with Gasteiger partial charge < -0.3 is 14.2 Å². The fraction of sp³-hybridized carbons (Fsp3) is 0.696. The molecular formula is C23H34ClNO6S. The summed E-state index contributed by atoms with van der Waals surface area (Å²) in [6, 6.07) is 0.455. The lowest BCUT2D eigenvalue weighted by atomic mass is 9.75. The molecule has 0 bridgehead atoms. The van der Waals surface area contributed by atoms with E-state index in [0.717, 1.165) is 25.5 Å². The summed E-state index contributed by atoms with van der Waals surface area (Å²) >= 11 is 6.51. The second-order valence-electron chi connectivity index (χ2n) is 9.31.